The van der Waals surface area contributed by atoms with Gasteiger partial charge in [-0.3, -0.25) is 0 Å². The van der Waals surface area contributed by atoms with Gasteiger partial charge >= 0.3 is 11.9 Å². The molecule has 222 valence electrons. The lowest BCUT2D eigenvalue weighted by molar-refractivity contribution is -0.388. The van der Waals surface area contributed by atoms with Gasteiger partial charge in [-0.15, -0.1) is 0 Å². The topological polar surface area (TPSA) is 109 Å². The van der Waals surface area contributed by atoms with Gasteiger partial charge in [0.25, 0.3) is 0 Å². The van der Waals surface area contributed by atoms with Gasteiger partial charge in [0.2, 0.25) is 14.1 Å². The molecule has 0 spiro atoms. The van der Waals surface area contributed by atoms with Crippen LogP contribution in [0.4, 0.5) is 16.4 Å². The van der Waals surface area contributed by atoms with Crippen molar-refractivity contribution in [3.63, 3.8) is 0 Å². The van der Waals surface area contributed by atoms with Gasteiger partial charge in [-0.2, -0.15) is 0 Å². The van der Waals surface area contributed by atoms with E-state index in [4.69, 9.17) is 13.9 Å². The summed E-state index contributed by atoms with van der Waals surface area (Å²) in [7, 11) is -0.451. The molecule has 2 aromatic heterocycles. The second-order valence-corrected chi connectivity index (χ2v) is 17.9. The number of hydrogen-bond donors (Lipinski definition) is 0. The fourth-order valence-corrected chi connectivity index (χ4v) is 5.72. The number of nitrogens with zero attached hydrogens (tertiary/aromatic N) is 4. The number of aromatic nitrogens is 2. The maximum Gasteiger partial charge on any atom is 0.419 e. The zero-order valence-corrected chi connectivity index (χ0v) is 26.6. The number of nitro groups is 1. The van der Waals surface area contributed by atoms with E-state index >= 15 is 0 Å². The maximum absolute atomic E-state index is 13.5. The molecule has 1 saturated heterocycles. The first-order chi connectivity index (χ1) is 19.0. The van der Waals surface area contributed by atoms with Crippen LogP contribution in [-0.2, 0) is 9.47 Å². The Morgan fingerprint density at radius 2 is 1.80 bits per heavy atom. The third-order valence-corrected chi connectivity index (χ3v) is 12.2. The zero-order valence-electron chi connectivity index (χ0n) is 25.6. The van der Waals surface area contributed by atoms with Crippen LogP contribution in [0.3, 0.4) is 0 Å². The summed E-state index contributed by atoms with van der Waals surface area (Å²) in [5.41, 5.74) is 0.358. The van der Waals surface area contributed by atoms with E-state index in [9.17, 15) is 14.9 Å². The summed E-state index contributed by atoms with van der Waals surface area (Å²) in [6, 6.07) is 10.7. The highest BCUT2D eigenvalue weighted by Gasteiger charge is 2.39. The summed E-state index contributed by atoms with van der Waals surface area (Å²) in [5.74, 6) is 0.873. The van der Waals surface area contributed by atoms with Crippen molar-refractivity contribution in [1.82, 2.24) is 9.55 Å². The van der Waals surface area contributed by atoms with Crippen LogP contribution in [0.2, 0.25) is 18.1 Å². The summed E-state index contributed by atoms with van der Waals surface area (Å²) < 4.78 is 19.2. The van der Waals surface area contributed by atoms with Crippen molar-refractivity contribution in [1.29, 1.82) is 0 Å². The van der Waals surface area contributed by atoms with Gasteiger partial charge in [0, 0.05) is 31.7 Å². The molecule has 0 aliphatic carbocycles. The van der Waals surface area contributed by atoms with Gasteiger partial charge in [0.05, 0.1) is 22.9 Å². The highest BCUT2D eigenvalue weighted by atomic mass is 28.4. The Kier molecular flexibility index (Phi) is 8.25. The molecule has 1 atom stereocenters. The Balaban J connectivity index is 1.85. The lowest BCUT2D eigenvalue weighted by Crippen LogP contribution is -2.43. The van der Waals surface area contributed by atoms with E-state index in [0.717, 1.165) is 19.4 Å². The van der Waals surface area contributed by atoms with Gasteiger partial charge in [-0.1, -0.05) is 20.8 Å². The van der Waals surface area contributed by atoms with Gasteiger partial charge in [0.15, 0.2) is 0 Å². The fraction of sp³-hybridized carbons (Fsp3) is 0.533. The minimum absolute atomic E-state index is 0.00121. The number of rotatable bonds is 6. The lowest BCUT2D eigenvalue weighted by atomic mass is 10.1. The molecule has 1 fully saturated rings. The van der Waals surface area contributed by atoms with E-state index in [1.165, 1.54) is 4.57 Å². The molecule has 3 heterocycles. The molecule has 0 bridgehead atoms. The molecule has 1 aliphatic rings. The van der Waals surface area contributed by atoms with Gasteiger partial charge < -0.3 is 28.9 Å². The van der Waals surface area contributed by atoms with E-state index in [1.54, 1.807) is 52.1 Å². The van der Waals surface area contributed by atoms with Crippen LogP contribution in [0.15, 0.2) is 36.4 Å². The van der Waals surface area contributed by atoms with Crippen LogP contribution in [0.25, 0.3) is 22.2 Å². The SMILES string of the molecule is CO[C@H]1CCCN(c2ccc(-c3cc4cc(O[Si](C)(C)C(C)(C)C)ccc4n3C(=O)OC(C)(C)C)c([N+](=O)[O-])n2)C1. The van der Waals surface area contributed by atoms with E-state index in [1.807, 2.05) is 17.0 Å². The first-order valence-corrected chi connectivity index (χ1v) is 16.9. The average Bonchev–Trinajstić information content (AvgIpc) is 3.25. The molecule has 4 rings (SSSR count). The highest BCUT2D eigenvalue weighted by molar-refractivity contribution is 6.74. The predicted octanol–water partition coefficient (Wildman–Crippen LogP) is 7.39. The molecule has 1 aromatic carbocycles. The Labute approximate surface area is 242 Å². The van der Waals surface area contributed by atoms with E-state index in [0.29, 0.717) is 34.7 Å². The maximum atomic E-state index is 13.5. The Morgan fingerprint density at radius 1 is 1.10 bits per heavy atom. The average molecular weight is 583 g/mol. The largest absolute Gasteiger partial charge is 0.543 e. The summed E-state index contributed by atoms with van der Waals surface area (Å²) in [6.07, 6.45) is 1.26. The second-order valence-electron chi connectivity index (χ2n) is 13.2. The van der Waals surface area contributed by atoms with E-state index in [2.05, 4.69) is 38.8 Å². The third-order valence-electron chi connectivity index (χ3n) is 7.87. The number of benzene rings is 1. The van der Waals surface area contributed by atoms with Gasteiger partial charge in [0.1, 0.15) is 11.4 Å². The standard InChI is InChI=1S/C30H42N4O6Si/c1-29(2,3)39-28(35)33-24-14-12-21(40-41(8,9)30(4,5)6)17-20(24)18-25(33)23-13-15-26(31-27(23)34(36)37)32-16-10-11-22(19-32)38-7/h12-15,17-18,22H,10-11,16,19H2,1-9H3/t22-/m0/s1. The van der Waals surface area contributed by atoms with Crippen LogP contribution in [-0.4, -0.2) is 60.8 Å². The van der Waals surface area contributed by atoms with Crippen LogP contribution in [0, 0.1) is 10.1 Å². The van der Waals surface area contributed by atoms with E-state index < -0.39 is 24.9 Å². The Hall–Kier alpha value is -3.44. The lowest BCUT2D eigenvalue weighted by Gasteiger charge is -2.36. The Bertz CT molecular complexity index is 1450. The minimum Gasteiger partial charge on any atom is -0.543 e. The van der Waals surface area contributed by atoms with Crippen LogP contribution < -0.4 is 9.33 Å². The second kappa shape index (κ2) is 11.1. The smallest absolute Gasteiger partial charge is 0.419 e. The molecular weight excluding hydrogens is 540 g/mol. The number of anilines is 1. The molecule has 0 N–H and O–H groups in total. The molecule has 41 heavy (non-hydrogen) atoms. The Morgan fingerprint density at radius 3 is 2.41 bits per heavy atom. The minimum atomic E-state index is -2.12. The normalized spacial score (nSPS) is 16.6. The molecule has 3 aromatic rings. The van der Waals surface area contributed by atoms with Crippen LogP contribution in [0.1, 0.15) is 54.4 Å². The van der Waals surface area contributed by atoms with Crippen molar-refractivity contribution in [2.24, 2.45) is 0 Å². The number of methoxy groups -OCH3 is 1. The summed E-state index contributed by atoms with van der Waals surface area (Å²) >= 11 is 0. The molecule has 11 heteroatoms. The fourth-order valence-electron chi connectivity index (χ4n) is 4.70. The molecule has 1 aliphatic heterocycles. The van der Waals surface area contributed by atoms with Crippen LogP contribution >= 0.6 is 0 Å². The summed E-state index contributed by atoms with van der Waals surface area (Å²) in [6.45, 7) is 17.5. The van der Waals surface area contributed by atoms with Gasteiger partial charge in [-0.05, 0) is 92.0 Å². The first-order valence-electron chi connectivity index (χ1n) is 14.0. The monoisotopic (exact) mass is 582 g/mol. The third kappa shape index (κ3) is 6.56. The number of hydrogen-bond acceptors (Lipinski definition) is 8. The molecule has 0 radical (unpaired) electrons. The van der Waals surface area contributed by atoms with Gasteiger partial charge in [-0.25, -0.2) is 9.36 Å². The molecular formula is C30H42N4O6Si. The first kappa shape index (κ1) is 30.5. The van der Waals surface area contributed by atoms with Crippen molar-refractivity contribution in [3.8, 4) is 17.0 Å². The van der Waals surface area contributed by atoms with Crippen LogP contribution in [0.5, 0.6) is 5.75 Å². The van der Waals surface area contributed by atoms with Crippen molar-refractivity contribution >= 4 is 36.9 Å². The summed E-state index contributed by atoms with van der Waals surface area (Å²) in [5, 5.41) is 13.0. The quantitative estimate of drug-likeness (QED) is 0.168. The summed E-state index contributed by atoms with van der Waals surface area (Å²) in [4.78, 5) is 31.9. The number of carbonyl (C=O) groups excluding carboxylic acids is 1. The van der Waals surface area contributed by atoms with Crippen molar-refractivity contribution < 1.29 is 23.6 Å². The number of ether oxygens (including phenoxy) is 2. The molecule has 0 saturated carbocycles. The molecule has 0 amide bonds. The number of pyridine rings is 1. The highest BCUT2D eigenvalue weighted by Crippen LogP contribution is 2.40. The number of carbonyl (C=O) groups is 1. The van der Waals surface area contributed by atoms with Crippen molar-refractivity contribution in [3.05, 3.63) is 46.5 Å². The number of fused-ring (bicyclic) bond motifs is 1. The van der Waals surface area contributed by atoms with E-state index in [-0.39, 0.29) is 22.5 Å². The zero-order chi connectivity index (χ0) is 30.3. The molecule has 10 nitrogen and oxygen atoms in total. The number of piperidine rings is 1. The predicted molar refractivity (Wildman–Crippen MR) is 164 cm³/mol. The van der Waals surface area contributed by atoms with Crippen molar-refractivity contribution in [2.75, 3.05) is 25.1 Å². The van der Waals surface area contributed by atoms with Crippen molar-refractivity contribution in [2.45, 2.75) is 84.2 Å². The molecule has 0 unspecified atom stereocenters.